The maximum atomic E-state index is 9.99. The van der Waals surface area contributed by atoms with Gasteiger partial charge in [0.25, 0.3) is 8.32 Å². The van der Waals surface area contributed by atoms with E-state index in [0.717, 1.165) is 6.42 Å². The summed E-state index contributed by atoms with van der Waals surface area (Å²) in [6.45, 7) is 12.5. The van der Waals surface area contributed by atoms with Crippen LogP contribution in [-0.2, 0) is 4.43 Å². The lowest BCUT2D eigenvalue weighted by atomic mass is 10.1. The summed E-state index contributed by atoms with van der Waals surface area (Å²) >= 11 is 0. The lowest BCUT2D eigenvalue weighted by Crippen LogP contribution is -2.67. The molecule has 2 aromatic rings. The van der Waals surface area contributed by atoms with Crippen molar-refractivity contribution in [3.05, 3.63) is 73.3 Å². The fraction of sp³-hybridized carbons (Fsp3) is 0.391. The molecule has 0 saturated heterocycles. The minimum Gasteiger partial charge on any atom is -0.404 e. The van der Waals surface area contributed by atoms with Gasteiger partial charge in [-0.05, 0) is 35.2 Å². The van der Waals surface area contributed by atoms with E-state index in [2.05, 4.69) is 75.9 Å². The lowest BCUT2D eigenvalue weighted by molar-refractivity contribution is 0.101. The number of hydrogen-bond donors (Lipinski definition) is 1. The molecule has 0 aliphatic heterocycles. The smallest absolute Gasteiger partial charge is 0.261 e. The van der Waals surface area contributed by atoms with E-state index < -0.39 is 14.4 Å². The van der Waals surface area contributed by atoms with Gasteiger partial charge in [-0.25, -0.2) is 0 Å². The van der Waals surface area contributed by atoms with Gasteiger partial charge in [0.1, 0.15) is 0 Å². The Morgan fingerprint density at radius 2 is 1.46 bits per heavy atom. The van der Waals surface area contributed by atoms with Gasteiger partial charge in [0, 0.05) is 0 Å². The van der Waals surface area contributed by atoms with Gasteiger partial charge < -0.3 is 9.53 Å². The molecule has 0 saturated carbocycles. The van der Waals surface area contributed by atoms with Crippen molar-refractivity contribution in [2.75, 3.05) is 0 Å². The van der Waals surface area contributed by atoms with Crippen LogP contribution in [-0.4, -0.2) is 25.6 Å². The van der Waals surface area contributed by atoms with E-state index in [4.69, 9.17) is 4.43 Å². The van der Waals surface area contributed by atoms with E-state index in [-0.39, 0.29) is 11.1 Å². The molecule has 2 nitrogen and oxygen atoms in total. The van der Waals surface area contributed by atoms with Crippen LogP contribution in [0.5, 0.6) is 0 Å². The minimum atomic E-state index is -2.58. The monoisotopic (exact) mass is 368 g/mol. The Kier molecular flexibility index (Phi) is 6.99. The summed E-state index contributed by atoms with van der Waals surface area (Å²) in [7, 11) is -2.58. The Balaban J connectivity index is 2.65. The Morgan fingerprint density at radius 1 is 1.00 bits per heavy atom. The first-order valence-corrected chi connectivity index (χ1v) is 11.3. The van der Waals surface area contributed by atoms with Gasteiger partial charge in [0.05, 0.1) is 12.2 Å². The van der Waals surface area contributed by atoms with Crippen LogP contribution in [0, 0.1) is 0 Å². The zero-order chi connectivity index (χ0) is 19.2. The van der Waals surface area contributed by atoms with Crippen LogP contribution in [0.25, 0.3) is 0 Å². The molecule has 0 heterocycles. The molecular formula is C23H32O2Si. The molecule has 0 radical (unpaired) electrons. The summed E-state index contributed by atoms with van der Waals surface area (Å²) < 4.78 is 7.03. The second-order valence-corrected chi connectivity index (χ2v) is 12.3. The number of rotatable bonds is 8. The quantitative estimate of drug-likeness (QED) is 0.557. The molecule has 0 unspecified atom stereocenters. The van der Waals surface area contributed by atoms with Gasteiger partial charge in [-0.15, -0.1) is 6.58 Å². The predicted octanol–water partition coefficient (Wildman–Crippen LogP) is 4.28. The highest BCUT2D eigenvalue weighted by Crippen LogP contribution is 2.38. The predicted molar refractivity (Wildman–Crippen MR) is 114 cm³/mol. The maximum absolute atomic E-state index is 9.99. The molecular weight excluding hydrogens is 336 g/mol. The van der Waals surface area contributed by atoms with E-state index in [0.29, 0.717) is 6.42 Å². The first kappa shape index (κ1) is 20.6. The molecule has 2 atom stereocenters. The number of benzene rings is 2. The van der Waals surface area contributed by atoms with Gasteiger partial charge in [-0.3, -0.25) is 0 Å². The van der Waals surface area contributed by atoms with Crippen molar-refractivity contribution in [1.29, 1.82) is 0 Å². The van der Waals surface area contributed by atoms with Crippen molar-refractivity contribution >= 4 is 18.7 Å². The van der Waals surface area contributed by atoms with Crippen LogP contribution in [0.15, 0.2) is 73.3 Å². The Labute approximate surface area is 159 Å². The highest BCUT2D eigenvalue weighted by atomic mass is 28.4. The highest BCUT2D eigenvalue weighted by molar-refractivity contribution is 6.99. The second kappa shape index (κ2) is 8.80. The van der Waals surface area contributed by atoms with E-state index in [1.165, 1.54) is 10.4 Å². The summed E-state index contributed by atoms with van der Waals surface area (Å²) in [5, 5.41) is 12.5. The lowest BCUT2D eigenvalue weighted by Gasteiger charge is -2.45. The van der Waals surface area contributed by atoms with E-state index in [1.807, 2.05) is 25.1 Å². The third-order valence-electron chi connectivity index (χ3n) is 4.79. The van der Waals surface area contributed by atoms with Crippen LogP contribution in [0.4, 0.5) is 0 Å². The Hall–Kier alpha value is -1.68. The normalized spacial score (nSPS) is 14.7. The second-order valence-electron chi connectivity index (χ2n) is 8.01. The van der Waals surface area contributed by atoms with Crippen molar-refractivity contribution in [1.82, 2.24) is 0 Å². The molecule has 140 valence electrons. The molecule has 0 aliphatic carbocycles. The fourth-order valence-corrected chi connectivity index (χ4v) is 8.41. The largest absolute Gasteiger partial charge is 0.404 e. The average molecular weight is 369 g/mol. The molecule has 2 aromatic carbocycles. The third kappa shape index (κ3) is 4.53. The molecule has 0 bridgehead atoms. The summed E-state index contributed by atoms with van der Waals surface area (Å²) in [6.07, 6.45) is 2.77. The highest BCUT2D eigenvalue weighted by Gasteiger charge is 2.51. The van der Waals surface area contributed by atoms with Gasteiger partial charge in [0.15, 0.2) is 0 Å². The topological polar surface area (TPSA) is 29.5 Å². The van der Waals surface area contributed by atoms with Gasteiger partial charge in [-0.2, -0.15) is 0 Å². The molecule has 0 spiro atoms. The Bertz CT molecular complexity index is 635. The van der Waals surface area contributed by atoms with Crippen molar-refractivity contribution in [2.24, 2.45) is 0 Å². The first-order chi connectivity index (χ1) is 12.3. The minimum absolute atomic E-state index is 0.0567. The molecule has 3 heteroatoms. The third-order valence-corrected chi connectivity index (χ3v) is 9.89. The molecule has 0 fully saturated rings. The number of aliphatic hydroxyl groups excluding tert-OH is 1. The van der Waals surface area contributed by atoms with Crippen LogP contribution in [0.3, 0.4) is 0 Å². The van der Waals surface area contributed by atoms with E-state index >= 15 is 0 Å². The van der Waals surface area contributed by atoms with Crippen LogP contribution in [0.2, 0.25) is 5.04 Å². The van der Waals surface area contributed by atoms with Gasteiger partial charge >= 0.3 is 0 Å². The first-order valence-electron chi connectivity index (χ1n) is 9.39. The van der Waals surface area contributed by atoms with Gasteiger partial charge in [-0.1, -0.05) is 87.5 Å². The fourth-order valence-electron chi connectivity index (χ4n) is 3.70. The molecule has 0 aliphatic rings. The van der Waals surface area contributed by atoms with Crippen molar-refractivity contribution in [2.45, 2.75) is 57.8 Å². The molecule has 1 N–H and O–H groups in total. The zero-order valence-electron chi connectivity index (χ0n) is 16.5. The zero-order valence-corrected chi connectivity index (χ0v) is 17.5. The van der Waals surface area contributed by atoms with E-state index in [1.54, 1.807) is 0 Å². The summed E-state index contributed by atoms with van der Waals surface area (Å²) in [6, 6.07) is 21.2. The van der Waals surface area contributed by atoms with Crippen LogP contribution in [0.1, 0.15) is 40.5 Å². The van der Waals surface area contributed by atoms with Crippen LogP contribution < -0.4 is 10.4 Å². The van der Waals surface area contributed by atoms with Crippen LogP contribution >= 0.6 is 0 Å². The number of hydrogen-bond acceptors (Lipinski definition) is 2. The molecule has 2 rings (SSSR count). The summed E-state index contributed by atoms with van der Waals surface area (Å²) in [4.78, 5) is 0. The standard InChI is InChI=1S/C23H32O2Si/c1-6-13-20(18-19(2)24)25-26(23(3,4)5,21-14-9-7-10-15-21)22-16-11-8-12-17-22/h6-12,14-17,19-20,24H,1,13,18H2,2-5H3/t19-,20+/m1/s1. The van der Waals surface area contributed by atoms with Crippen molar-refractivity contribution < 1.29 is 9.53 Å². The van der Waals surface area contributed by atoms with Crippen molar-refractivity contribution in [3.63, 3.8) is 0 Å². The van der Waals surface area contributed by atoms with E-state index in [9.17, 15) is 5.11 Å². The molecule has 0 amide bonds. The summed E-state index contributed by atoms with van der Waals surface area (Å²) in [5.41, 5.74) is 0. The van der Waals surface area contributed by atoms with Gasteiger partial charge in [0.2, 0.25) is 0 Å². The average Bonchev–Trinajstić information content (AvgIpc) is 2.59. The molecule has 26 heavy (non-hydrogen) atoms. The van der Waals surface area contributed by atoms with Crippen molar-refractivity contribution in [3.8, 4) is 0 Å². The Morgan fingerprint density at radius 3 is 1.81 bits per heavy atom. The number of aliphatic hydroxyl groups is 1. The molecule has 0 aromatic heterocycles. The maximum Gasteiger partial charge on any atom is 0.261 e. The summed E-state index contributed by atoms with van der Waals surface area (Å²) in [5.74, 6) is 0. The SMILES string of the molecule is C=CC[C@@H](C[C@@H](C)O)O[Si](c1ccccc1)(c1ccccc1)C(C)(C)C.